The van der Waals surface area contributed by atoms with E-state index in [2.05, 4.69) is 20.6 Å². The van der Waals surface area contributed by atoms with Crippen molar-refractivity contribution in [2.45, 2.75) is 25.5 Å². The SMILES string of the molecule is CN=C(NCc1ccccn1)NCC1CCCO1.I. The van der Waals surface area contributed by atoms with Gasteiger partial charge in [0.15, 0.2) is 5.96 Å². The molecule has 1 atom stereocenters. The lowest BCUT2D eigenvalue weighted by Crippen LogP contribution is -2.40. The molecular formula is C13H21IN4O. The first-order valence-electron chi connectivity index (χ1n) is 6.34. The predicted molar refractivity (Wildman–Crippen MR) is 86.8 cm³/mol. The average molecular weight is 376 g/mol. The first kappa shape index (κ1) is 16.2. The highest BCUT2D eigenvalue weighted by Crippen LogP contribution is 2.10. The number of ether oxygens (including phenoxy) is 1. The highest BCUT2D eigenvalue weighted by Gasteiger charge is 2.15. The highest BCUT2D eigenvalue weighted by atomic mass is 127. The van der Waals surface area contributed by atoms with E-state index >= 15 is 0 Å². The molecule has 1 aromatic rings. The molecule has 106 valence electrons. The summed E-state index contributed by atoms with van der Waals surface area (Å²) in [4.78, 5) is 8.43. The fourth-order valence-electron chi connectivity index (χ4n) is 1.91. The second-order valence-corrected chi connectivity index (χ2v) is 4.26. The summed E-state index contributed by atoms with van der Waals surface area (Å²) < 4.78 is 5.55. The Kier molecular flexibility index (Phi) is 7.73. The number of halogens is 1. The maximum atomic E-state index is 5.55. The van der Waals surface area contributed by atoms with Crippen molar-refractivity contribution in [3.63, 3.8) is 0 Å². The van der Waals surface area contributed by atoms with Crippen LogP contribution in [0.2, 0.25) is 0 Å². The number of rotatable bonds is 4. The lowest BCUT2D eigenvalue weighted by atomic mass is 10.2. The fraction of sp³-hybridized carbons (Fsp3) is 0.538. The van der Waals surface area contributed by atoms with Gasteiger partial charge < -0.3 is 15.4 Å². The van der Waals surface area contributed by atoms with Crippen LogP contribution in [-0.4, -0.2) is 37.2 Å². The van der Waals surface area contributed by atoms with Crippen molar-refractivity contribution in [1.29, 1.82) is 0 Å². The second-order valence-electron chi connectivity index (χ2n) is 4.26. The van der Waals surface area contributed by atoms with E-state index in [9.17, 15) is 0 Å². The molecule has 6 heteroatoms. The van der Waals surface area contributed by atoms with Crippen LogP contribution in [-0.2, 0) is 11.3 Å². The Labute approximate surface area is 131 Å². The van der Waals surface area contributed by atoms with Gasteiger partial charge in [0.1, 0.15) is 0 Å². The van der Waals surface area contributed by atoms with Gasteiger partial charge in [-0.1, -0.05) is 6.07 Å². The van der Waals surface area contributed by atoms with E-state index in [1.807, 2.05) is 18.2 Å². The Morgan fingerprint density at radius 3 is 3.00 bits per heavy atom. The van der Waals surface area contributed by atoms with E-state index in [-0.39, 0.29) is 24.0 Å². The lowest BCUT2D eigenvalue weighted by Gasteiger charge is -2.14. The van der Waals surface area contributed by atoms with Crippen molar-refractivity contribution in [2.24, 2.45) is 4.99 Å². The Morgan fingerprint density at radius 1 is 1.47 bits per heavy atom. The quantitative estimate of drug-likeness (QED) is 0.476. The van der Waals surface area contributed by atoms with Gasteiger partial charge in [0.25, 0.3) is 0 Å². The van der Waals surface area contributed by atoms with Crippen LogP contribution in [0.5, 0.6) is 0 Å². The van der Waals surface area contributed by atoms with Gasteiger partial charge in [-0.05, 0) is 25.0 Å². The lowest BCUT2D eigenvalue weighted by molar-refractivity contribution is 0.114. The molecule has 2 rings (SSSR count). The van der Waals surface area contributed by atoms with Crippen LogP contribution in [0.15, 0.2) is 29.4 Å². The van der Waals surface area contributed by atoms with E-state index < -0.39 is 0 Å². The summed E-state index contributed by atoms with van der Waals surface area (Å²) in [5.74, 6) is 0.788. The molecule has 1 unspecified atom stereocenters. The van der Waals surface area contributed by atoms with Gasteiger partial charge >= 0.3 is 0 Å². The normalized spacial score (nSPS) is 18.8. The first-order chi connectivity index (χ1) is 8.88. The number of hydrogen-bond donors (Lipinski definition) is 2. The summed E-state index contributed by atoms with van der Waals surface area (Å²) in [6, 6.07) is 5.88. The molecule has 0 aliphatic carbocycles. The molecule has 5 nitrogen and oxygen atoms in total. The first-order valence-corrected chi connectivity index (χ1v) is 6.34. The Balaban J connectivity index is 0.00000180. The third kappa shape index (κ3) is 5.73. The number of aliphatic imine (C=N–C) groups is 1. The maximum Gasteiger partial charge on any atom is 0.191 e. The second kappa shape index (κ2) is 9.08. The number of guanidine groups is 1. The number of pyridine rings is 1. The maximum absolute atomic E-state index is 5.55. The molecule has 1 aliphatic rings. The Bertz CT molecular complexity index is 379. The van der Waals surface area contributed by atoms with Gasteiger partial charge in [-0.25, -0.2) is 0 Å². The molecule has 0 aromatic carbocycles. The van der Waals surface area contributed by atoms with E-state index in [0.29, 0.717) is 12.6 Å². The van der Waals surface area contributed by atoms with Crippen molar-refractivity contribution in [3.8, 4) is 0 Å². The van der Waals surface area contributed by atoms with E-state index in [1.165, 1.54) is 0 Å². The number of aromatic nitrogens is 1. The zero-order valence-corrected chi connectivity index (χ0v) is 13.5. The summed E-state index contributed by atoms with van der Waals surface area (Å²) in [6.07, 6.45) is 4.40. The summed E-state index contributed by atoms with van der Waals surface area (Å²) >= 11 is 0. The topological polar surface area (TPSA) is 58.5 Å². The Hall–Kier alpha value is -0.890. The zero-order chi connectivity index (χ0) is 12.6. The van der Waals surface area contributed by atoms with Crippen LogP contribution < -0.4 is 10.6 Å². The van der Waals surface area contributed by atoms with Crippen LogP contribution in [0.3, 0.4) is 0 Å². The van der Waals surface area contributed by atoms with Crippen molar-refractivity contribution >= 4 is 29.9 Å². The molecule has 0 saturated carbocycles. The number of nitrogens with zero attached hydrogens (tertiary/aromatic N) is 2. The third-order valence-electron chi connectivity index (χ3n) is 2.91. The smallest absolute Gasteiger partial charge is 0.191 e. The number of nitrogens with one attached hydrogen (secondary N) is 2. The van der Waals surface area contributed by atoms with E-state index in [4.69, 9.17) is 4.74 Å². The molecule has 1 saturated heterocycles. The molecule has 0 radical (unpaired) electrons. The van der Waals surface area contributed by atoms with Crippen LogP contribution in [0.25, 0.3) is 0 Å². The van der Waals surface area contributed by atoms with E-state index in [0.717, 1.165) is 37.6 Å². The van der Waals surface area contributed by atoms with E-state index in [1.54, 1.807) is 13.2 Å². The zero-order valence-electron chi connectivity index (χ0n) is 11.1. The molecule has 2 N–H and O–H groups in total. The third-order valence-corrected chi connectivity index (χ3v) is 2.91. The summed E-state index contributed by atoms with van der Waals surface area (Å²) in [7, 11) is 1.77. The molecule has 1 aromatic heterocycles. The summed E-state index contributed by atoms with van der Waals surface area (Å²) in [6.45, 7) is 2.36. The van der Waals surface area contributed by atoms with Crippen molar-refractivity contribution in [3.05, 3.63) is 30.1 Å². The van der Waals surface area contributed by atoms with Gasteiger partial charge in [-0.2, -0.15) is 0 Å². The minimum atomic E-state index is 0. The van der Waals surface area contributed by atoms with Gasteiger partial charge in [0, 0.05) is 26.4 Å². The van der Waals surface area contributed by atoms with Crippen molar-refractivity contribution < 1.29 is 4.74 Å². The van der Waals surface area contributed by atoms with Crippen LogP contribution >= 0.6 is 24.0 Å². The fourth-order valence-corrected chi connectivity index (χ4v) is 1.91. The minimum Gasteiger partial charge on any atom is -0.376 e. The van der Waals surface area contributed by atoms with Gasteiger partial charge in [-0.15, -0.1) is 24.0 Å². The molecule has 0 bridgehead atoms. The standard InChI is InChI=1S/C13H20N4O.HI/c1-14-13(17-10-12-6-4-8-18-12)16-9-11-5-2-3-7-15-11;/h2-3,5,7,12H,4,6,8-10H2,1H3,(H2,14,16,17);1H. The van der Waals surface area contributed by atoms with Gasteiger partial charge in [-0.3, -0.25) is 9.98 Å². The average Bonchev–Trinajstić information content (AvgIpc) is 2.93. The molecular weight excluding hydrogens is 355 g/mol. The molecule has 0 amide bonds. The highest BCUT2D eigenvalue weighted by molar-refractivity contribution is 14.0. The summed E-state index contributed by atoms with van der Waals surface area (Å²) in [5, 5.41) is 6.50. The van der Waals surface area contributed by atoms with Crippen LogP contribution in [0.4, 0.5) is 0 Å². The van der Waals surface area contributed by atoms with Crippen molar-refractivity contribution in [2.75, 3.05) is 20.2 Å². The van der Waals surface area contributed by atoms with Crippen molar-refractivity contribution in [1.82, 2.24) is 15.6 Å². The molecule has 1 fully saturated rings. The largest absolute Gasteiger partial charge is 0.376 e. The molecule has 2 heterocycles. The van der Waals surface area contributed by atoms with Crippen LogP contribution in [0, 0.1) is 0 Å². The van der Waals surface area contributed by atoms with Gasteiger partial charge in [0.05, 0.1) is 18.3 Å². The molecule has 0 spiro atoms. The summed E-state index contributed by atoms with van der Waals surface area (Å²) in [5.41, 5.74) is 0.998. The van der Waals surface area contributed by atoms with Gasteiger partial charge in [0.2, 0.25) is 0 Å². The minimum absolute atomic E-state index is 0. The van der Waals surface area contributed by atoms with Crippen LogP contribution in [0.1, 0.15) is 18.5 Å². The molecule has 1 aliphatic heterocycles. The monoisotopic (exact) mass is 376 g/mol. The predicted octanol–water partition coefficient (Wildman–Crippen LogP) is 1.54. The number of hydrogen-bond acceptors (Lipinski definition) is 3. The Morgan fingerprint density at radius 2 is 2.37 bits per heavy atom. The molecule has 19 heavy (non-hydrogen) atoms.